The minimum Gasteiger partial charge on any atom is -0.480 e. The number of hydrogen-bond acceptors (Lipinski definition) is 5. The molecule has 1 unspecified atom stereocenters. The molecule has 21 heavy (non-hydrogen) atoms. The van der Waals surface area contributed by atoms with E-state index in [1.54, 1.807) is 16.8 Å². The first kappa shape index (κ1) is 15.4. The van der Waals surface area contributed by atoms with Crippen LogP contribution in [0.4, 0.5) is 0 Å². The molecule has 1 aromatic heterocycles. The van der Waals surface area contributed by atoms with Gasteiger partial charge >= 0.3 is 5.97 Å². The fraction of sp³-hybridized carbons (Fsp3) is 0.571. The van der Waals surface area contributed by atoms with E-state index in [0.717, 1.165) is 12.1 Å². The van der Waals surface area contributed by atoms with Gasteiger partial charge in [-0.2, -0.15) is 0 Å². The van der Waals surface area contributed by atoms with Gasteiger partial charge in [0.15, 0.2) is 0 Å². The third-order valence-electron chi connectivity index (χ3n) is 3.73. The number of aryl methyl sites for hydroxylation is 1. The van der Waals surface area contributed by atoms with Gasteiger partial charge in [0.05, 0.1) is 11.3 Å². The van der Waals surface area contributed by atoms with Gasteiger partial charge in [-0.1, -0.05) is 13.3 Å². The second-order valence-corrected chi connectivity index (χ2v) is 5.22. The van der Waals surface area contributed by atoms with Crippen molar-refractivity contribution in [2.24, 2.45) is 0 Å². The first-order valence-electron chi connectivity index (χ1n) is 7.05. The lowest BCUT2D eigenvalue weighted by Crippen LogP contribution is -2.56. The Hall–Kier alpha value is -2.02. The number of carboxylic acids is 1. The Morgan fingerprint density at radius 3 is 2.86 bits per heavy atom. The molecule has 1 aliphatic rings. The third-order valence-corrected chi connectivity index (χ3v) is 3.73. The summed E-state index contributed by atoms with van der Waals surface area (Å²) in [6.45, 7) is 3.26. The van der Waals surface area contributed by atoms with Crippen LogP contribution >= 0.6 is 0 Å². The predicted octanol–water partition coefficient (Wildman–Crippen LogP) is 0.270. The molecule has 1 N–H and O–H groups in total. The minimum atomic E-state index is -0.909. The van der Waals surface area contributed by atoms with E-state index in [4.69, 9.17) is 0 Å². The maximum atomic E-state index is 12.6. The number of carboxylic acid groups (broad SMARTS) is 1. The van der Waals surface area contributed by atoms with Gasteiger partial charge in [0.2, 0.25) is 0 Å². The summed E-state index contributed by atoms with van der Waals surface area (Å²) >= 11 is 0. The zero-order valence-corrected chi connectivity index (χ0v) is 12.3. The van der Waals surface area contributed by atoms with Crippen molar-refractivity contribution in [1.29, 1.82) is 0 Å². The van der Waals surface area contributed by atoms with E-state index in [1.807, 2.05) is 6.92 Å². The van der Waals surface area contributed by atoms with E-state index < -0.39 is 12.0 Å². The molecule has 1 atom stereocenters. The Bertz CT molecular complexity index is 535. The van der Waals surface area contributed by atoms with Crippen molar-refractivity contribution in [2.75, 3.05) is 26.7 Å². The van der Waals surface area contributed by atoms with Crippen LogP contribution in [0.2, 0.25) is 0 Å². The Balaban J connectivity index is 2.18. The second-order valence-electron chi connectivity index (χ2n) is 5.22. The van der Waals surface area contributed by atoms with Crippen LogP contribution in [0, 0.1) is 0 Å². The lowest BCUT2D eigenvalue weighted by Gasteiger charge is -2.37. The zero-order chi connectivity index (χ0) is 15.4. The van der Waals surface area contributed by atoms with Crippen LogP contribution in [0.3, 0.4) is 0 Å². The summed E-state index contributed by atoms with van der Waals surface area (Å²) in [6, 6.07) is -0.665. The van der Waals surface area contributed by atoms with Crippen molar-refractivity contribution >= 4 is 11.9 Å². The van der Waals surface area contributed by atoms with Gasteiger partial charge < -0.3 is 10.0 Å². The summed E-state index contributed by atoms with van der Waals surface area (Å²) in [4.78, 5) is 35.3. The summed E-state index contributed by atoms with van der Waals surface area (Å²) in [7, 11) is 1.76. The fourth-order valence-electron chi connectivity index (χ4n) is 2.46. The molecule has 0 bridgehead atoms. The van der Waals surface area contributed by atoms with Gasteiger partial charge in [-0.15, -0.1) is 0 Å². The predicted molar refractivity (Wildman–Crippen MR) is 76.0 cm³/mol. The van der Waals surface area contributed by atoms with Crippen LogP contribution in [-0.4, -0.2) is 69.5 Å². The fourth-order valence-corrected chi connectivity index (χ4v) is 2.46. The van der Waals surface area contributed by atoms with Crippen LogP contribution in [0.5, 0.6) is 0 Å². The number of aliphatic carboxylic acids is 1. The maximum absolute atomic E-state index is 12.6. The van der Waals surface area contributed by atoms with Crippen LogP contribution in [0.1, 0.15) is 29.4 Å². The van der Waals surface area contributed by atoms with E-state index in [0.29, 0.717) is 25.1 Å². The van der Waals surface area contributed by atoms with Crippen LogP contribution in [-0.2, 0) is 11.2 Å². The zero-order valence-electron chi connectivity index (χ0n) is 12.3. The highest BCUT2D eigenvalue weighted by Gasteiger charge is 2.33. The van der Waals surface area contributed by atoms with Crippen LogP contribution in [0.15, 0.2) is 12.5 Å². The Morgan fingerprint density at radius 1 is 1.43 bits per heavy atom. The molecule has 0 saturated carbocycles. The molecule has 0 spiro atoms. The van der Waals surface area contributed by atoms with Crippen molar-refractivity contribution in [1.82, 2.24) is 19.8 Å². The quantitative estimate of drug-likeness (QED) is 0.857. The van der Waals surface area contributed by atoms with Crippen molar-refractivity contribution in [3.05, 3.63) is 23.8 Å². The summed E-state index contributed by atoms with van der Waals surface area (Å²) in [5, 5.41) is 9.21. The molecule has 1 fully saturated rings. The van der Waals surface area contributed by atoms with Gasteiger partial charge in [0, 0.05) is 25.8 Å². The molecule has 1 saturated heterocycles. The molecule has 2 heterocycles. The molecule has 114 valence electrons. The summed E-state index contributed by atoms with van der Waals surface area (Å²) in [6.07, 6.45) is 4.55. The van der Waals surface area contributed by atoms with Crippen molar-refractivity contribution < 1.29 is 14.7 Å². The standard InChI is InChI=1S/C14H20N4O3/c1-3-4-11-10(7-15-9-16-11)13(19)18-6-5-17(2)12(8-18)14(20)21/h7,9,12H,3-6,8H2,1-2H3,(H,20,21). The molecule has 7 heteroatoms. The molecule has 0 aliphatic carbocycles. The van der Waals surface area contributed by atoms with Crippen molar-refractivity contribution in [3.8, 4) is 0 Å². The highest BCUT2D eigenvalue weighted by Crippen LogP contribution is 2.14. The smallest absolute Gasteiger partial charge is 0.322 e. The highest BCUT2D eigenvalue weighted by atomic mass is 16.4. The number of nitrogens with zero attached hydrogens (tertiary/aromatic N) is 4. The molecule has 0 radical (unpaired) electrons. The van der Waals surface area contributed by atoms with Gasteiger partial charge in [0.25, 0.3) is 5.91 Å². The van der Waals surface area contributed by atoms with E-state index in [-0.39, 0.29) is 12.5 Å². The molecule has 7 nitrogen and oxygen atoms in total. The number of carbonyl (C=O) groups is 2. The molecule has 1 amide bonds. The summed E-state index contributed by atoms with van der Waals surface area (Å²) in [5.41, 5.74) is 1.20. The van der Waals surface area contributed by atoms with Gasteiger partial charge in [-0.05, 0) is 13.5 Å². The monoisotopic (exact) mass is 292 g/mol. The van der Waals surface area contributed by atoms with Gasteiger partial charge in [-0.25, -0.2) is 9.97 Å². The topological polar surface area (TPSA) is 86.6 Å². The number of amides is 1. The highest BCUT2D eigenvalue weighted by molar-refractivity contribution is 5.95. The summed E-state index contributed by atoms with van der Waals surface area (Å²) < 4.78 is 0. The Kier molecular flexibility index (Phi) is 4.85. The van der Waals surface area contributed by atoms with E-state index >= 15 is 0 Å². The van der Waals surface area contributed by atoms with E-state index in [1.165, 1.54) is 12.5 Å². The molecule has 1 aromatic rings. The average Bonchev–Trinajstić information content (AvgIpc) is 2.47. The summed E-state index contributed by atoms with van der Waals surface area (Å²) in [5.74, 6) is -1.09. The maximum Gasteiger partial charge on any atom is 0.322 e. The lowest BCUT2D eigenvalue weighted by molar-refractivity contribution is -0.144. The Morgan fingerprint density at radius 2 is 2.19 bits per heavy atom. The SMILES string of the molecule is CCCc1ncncc1C(=O)N1CCN(C)C(C(=O)O)C1. The number of hydrogen-bond donors (Lipinski definition) is 1. The molecular weight excluding hydrogens is 272 g/mol. The molecular formula is C14H20N4O3. The molecule has 2 rings (SSSR count). The number of piperazine rings is 1. The van der Waals surface area contributed by atoms with Gasteiger partial charge in [0.1, 0.15) is 12.4 Å². The first-order chi connectivity index (χ1) is 10.0. The van der Waals surface area contributed by atoms with Crippen molar-refractivity contribution in [3.63, 3.8) is 0 Å². The normalized spacial score (nSPS) is 19.5. The van der Waals surface area contributed by atoms with Gasteiger partial charge in [-0.3, -0.25) is 14.5 Å². The van der Waals surface area contributed by atoms with Crippen LogP contribution in [0.25, 0.3) is 0 Å². The number of rotatable bonds is 4. The number of aromatic nitrogens is 2. The third kappa shape index (κ3) is 3.36. The van der Waals surface area contributed by atoms with Crippen molar-refractivity contribution in [2.45, 2.75) is 25.8 Å². The first-order valence-corrected chi connectivity index (χ1v) is 7.05. The molecule has 1 aliphatic heterocycles. The number of likely N-dealkylation sites (N-methyl/N-ethyl adjacent to an activating group) is 1. The largest absolute Gasteiger partial charge is 0.480 e. The lowest BCUT2D eigenvalue weighted by atomic mass is 10.1. The average molecular weight is 292 g/mol. The van der Waals surface area contributed by atoms with E-state index in [9.17, 15) is 14.7 Å². The second kappa shape index (κ2) is 6.62. The van der Waals surface area contributed by atoms with E-state index in [2.05, 4.69) is 9.97 Å². The van der Waals surface area contributed by atoms with Crippen LogP contribution < -0.4 is 0 Å². The molecule has 0 aromatic carbocycles. The minimum absolute atomic E-state index is 0.182. The number of carbonyl (C=O) groups excluding carboxylic acids is 1. The Labute approximate surface area is 123 Å².